The molecule has 70 valence electrons. The average Bonchev–Trinajstić information content (AvgIpc) is 2.01. The summed E-state index contributed by atoms with van der Waals surface area (Å²) in [4.78, 5) is 11.2. The molecule has 1 nitrogen and oxygen atoms in total. The minimum atomic E-state index is -0.379. The zero-order valence-corrected chi connectivity index (χ0v) is 8.36. The normalized spacial score (nSPS) is 10.2. The van der Waals surface area contributed by atoms with Crippen molar-refractivity contribution in [1.82, 2.24) is 0 Å². The lowest BCUT2D eigenvalue weighted by atomic mass is 9.97. The van der Waals surface area contributed by atoms with E-state index < -0.39 is 0 Å². The van der Waals surface area contributed by atoms with E-state index in [1.165, 1.54) is 6.92 Å². The van der Waals surface area contributed by atoms with E-state index in [2.05, 4.69) is 0 Å². The smallest absolute Gasteiger partial charge is 0.163 e. The van der Waals surface area contributed by atoms with Crippen LogP contribution in [0.3, 0.4) is 0 Å². The molecule has 0 fully saturated rings. The van der Waals surface area contributed by atoms with Crippen molar-refractivity contribution in [2.24, 2.45) is 0 Å². The maximum absolute atomic E-state index is 13.5. The molecule has 0 aliphatic carbocycles. The largest absolute Gasteiger partial charge is 0.294 e. The van der Waals surface area contributed by atoms with Crippen LogP contribution in [0.25, 0.3) is 0 Å². The average molecular weight is 180 g/mol. The zero-order valence-electron chi connectivity index (χ0n) is 8.36. The van der Waals surface area contributed by atoms with Gasteiger partial charge in [-0.1, -0.05) is 6.07 Å². The van der Waals surface area contributed by atoms with Crippen molar-refractivity contribution >= 4 is 5.78 Å². The Morgan fingerprint density at radius 2 is 1.77 bits per heavy atom. The number of rotatable bonds is 1. The van der Waals surface area contributed by atoms with Crippen molar-refractivity contribution in [3.8, 4) is 0 Å². The van der Waals surface area contributed by atoms with Gasteiger partial charge < -0.3 is 0 Å². The van der Waals surface area contributed by atoms with Gasteiger partial charge in [-0.2, -0.15) is 0 Å². The Labute approximate surface area is 77.6 Å². The first-order valence-electron chi connectivity index (χ1n) is 4.22. The molecule has 0 bridgehead atoms. The number of hydrogen-bond donors (Lipinski definition) is 0. The third-order valence-electron chi connectivity index (χ3n) is 2.32. The van der Waals surface area contributed by atoms with Crippen LogP contribution in [0.5, 0.6) is 0 Å². The van der Waals surface area contributed by atoms with Gasteiger partial charge in [0.25, 0.3) is 0 Å². The minimum absolute atomic E-state index is 0.207. The highest BCUT2D eigenvalue weighted by Gasteiger charge is 2.14. The molecule has 0 atom stereocenters. The number of ketones is 1. The van der Waals surface area contributed by atoms with Gasteiger partial charge in [0.1, 0.15) is 5.82 Å². The summed E-state index contributed by atoms with van der Waals surface area (Å²) in [7, 11) is 0. The number of aryl methyl sites for hydroxylation is 2. The summed E-state index contributed by atoms with van der Waals surface area (Å²) >= 11 is 0. The van der Waals surface area contributed by atoms with Crippen LogP contribution in [0.15, 0.2) is 6.07 Å². The lowest BCUT2D eigenvalue weighted by Gasteiger charge is -2.09. The van der Waals surface area contributed by atoms with Crippen LogP contribution in [0, 0.1) is 26.6 Å². The van der Waals surface area contributed by atoms with E-state index in [0.717, 1.165) is 11.1 Å². The van der Waals surface area contributed by atoms with Gasteiger partial charge in [0.15, 0.2) is 5.78 Å². The standard InChI is InChI=1S/C11H13FO/c1-6-5-7(2)11(12)10(8(6)3)9(4)13/h5H,1-4H3. The first-order valence-corrected chi connectivity index (χ1v) is 4.22. The third kappa shape index (κ3) is 1.62. The van der Waals surface area contributed by atoms with Crippen molar-refractivity contribution < 1.29 is 9.18 Å². The highest BCUT2D eigenvalue weighted by atomic mass is 19.1. The highest BCUT2D eigenvalue weighted by molar-refractivity contribution is 5.96. The number of halogens is 1. The van der Waals surface area contributed by atoms with Crippen molar-refractivity contribution in [3.63, 3.8) is 0 Å². The van der Waals surface area contributed by atoms with E-state index in [-0.39, 0.29) is 17.2 Å². The summed E-state index contributed by atoms with van der Waals surface area (Å²) in [6.07, 6.45) is 0. The Kier molecular flexibility index (Phi) is 2.50. The fourth-order valence-corrected chi connectivity index (χ4v) is 1.47. The summed E-state index contributed by atoms with van der Waals surface area (Å²) in [5.74, 6) is -0.586. The van der Waals surface area contributed by atoms with Crippen LogP contribution < -0.4 is 0 Å². The summed E-state index contributed by atoms with van der Waals surface area (Å²) in [6.45, 7) is 6.72. The van der Waals surface area contributed by atoms with Gasteiger partial charge in [0, 0.05) is 0 Å². The molecular formula is C11H13FO. The van der Waals surface area contributed by atoms with Crippen LogP contribution >= 0.6 is 0 Å². The van der Waals surface area contributed by atoms with Gasteiger partial charge >= 0.3 is 0 Å². The van der Waals surface area contributed by atoms with Crippen LogP contribution in [0.4, 0.5) is 4.39 Å². The predicted octanol–water partition coefficient (Wildman–Crippen LogP) is 2.95. The van der Waals surface area contributed by atoms with Gasteiger partial charge in [0.05, 0.1) is 5.56 Å². The Hall–Kier alpha value is -1.18. The zero-order chi connectivity index (χ0) is 10.2. The Balaban J connectivity index is 3.56. The molecule has 0 aliphatic rings. The summed E-state index contributed by atoms with van der Waals surface area (Å²) < 4.78 is 13.5. The summed E-state index contributed by atoms with van der Waals surface area (Å²) in [5.41, 5.74) is 2.48. The molecule has 0 aromatic heterocycles. The van der Waals surface area contributed by atoms with E-state index in [0.29, 0.717) is 5.56 Å². The Morgan fingerprint density at radius 3 is 2.23 bits per heavy atom. The molecule has 13 heavy (non-hydrogen) atoms. The Morgan fingerprint density at radius 1 is 1.23 bits per heavy atom. The molecule has 0 aliphatic heterocycles. The molecular weight excluding hydrogens is 167 g/mol. The second-order valence-electron chi connectivity index (χ2n) is 3.38. The fraction of sp³-hybridized carbons (Fsp3) is 0.364. The Bertz CT molecular complexity index is 341. The van der Waals surface area contributed by atoms with Crippen LogP contribution in [-0.4, -0.2) is 5.78 Å². The number of benzene rings is 1. The molecule has 2 heteroatoms. The topological polar surface area (TPSA) is 17.1 Å². The lowest BCUT2D eigenvalue weighted by molar-refractivity contribution is 0.101. The van der Waals surface area contributed by atoms with Crippen LogP contribution in [0.1, 0.15) is 34.0 Å². The molecule has 0 unspecified atom stereocenters. The quantitative estimate of drug-likeness (QED) is 0.607. The van der Waals surface area contributed by atoms with E-state index in [9.17, 15) is 9.18 Å². The predicted molar refractivity (Wildman–Crippen MR) is 50.6 cm³/mol. The van der Waals surface area contributed by atoms with E-state index in [4.69, 9.17) is 0 Å². The van der Waals surface area contributed by atoms with E-state index in [1.807, 2.05) is 6.92 Å². The molecule has 0 spiro atoms. The van der Waals surface area contributed by atoms with Crippen molar-refractivity contribution in [1.29, 1.82) is 0 Å². The third-order valence-corrected chi connectivity index (χ3v) is 2.32. The van der Waals surface area contributed by atoms with E-state index in [1.54, 1.807) is 19.9 Å². The maximum atomic E-state index is 13.5. The fourth-order valence-electron chi connectivity index (χ4n) is 1.47. The molecule has 0 saturated carbocycles. The van der Waals surface area contributed by atoms with Crippen LogP contribution in [0.2, 0.25) is 0 Å². The second-order valence-corrected chi connectivity index (χ2v) is 3.38. The molecule has 1 rings (SSSR count). The monoisotopic (exact) mass is 180 g/mol. The lowest BCUT2D eigenvalue weighted by Crippen LogP contribution is -2.04. The summed E-state index contributed by atoms with van der Waals surface area (Å²) in [6, 6.07) is 1.76. The van der Waals surface area contributed by atoms with Crippen molar-refractivity contribution in [3.05, 3.63) is 34.1 Å². The molecule has 0 heterocycles. The van der Waals surface area contributed by atoms with Gasteiger partial charge in [-0.3, -0.25) is 4.79 Å². The maximum Gasteiger partial charge on any atom is 0.163 e. The second kappa shape index (κ2) is 3.29. The van der Waals surface area contributed by atoms with Crippen molar-refractivity contribution in [2.45, 2.75) is 27.7 Å². The SMILES string of the molecule is CC(=O)c1c(C)c(C)cc(C)c1F. The van der Waals surface area contributed by atoms with Crippen molar-refractivity contribution in [2.75, 3.05) is 0 Å². The first-order chi connectivity index (χ1) is 5.95. The molecule has 0 amide bonds. The highest BCUT2D eigenvalue weighted by Crippen LogP contribution is 2.20. The number of hydrogen-bond acceptors (Lipinski definition) is 1. The van der Waals surface area contributed by atoms with E-state index >= 15 is 0 Å². The molecule has 1 aromatic rings. The molecule has 0 radical (unpaired) electrons. The minimum Gasteiger partial charge on any atom is -0.294 e. The first kappa shape index (κ1) is 9.90. The molecule has 1 aromatic carbocycles. The van der Waals surface area contributed by atoms with Gasteiger partial charge in [0.2, 0.25) is 0 Å². The van der Waals surface area contributed by atoms with Gasteiger partial charge in [-0.05, 0) is 44.4 Å². The van der Waals surface area contributed by atoms with Gasteiger partial charge in [-0.25, -0.2) is 4.39 Å². The van der Waals surface area contributed by atoms with Crippen LogP contribution in [-0.2, 0) is 0 Å². The summed E-state index contributed by atoms with van der Waals surface area (Å²) in [5, 5.41) is 0. The number of carbonyl (C=O) groups excluding carboxylic acids is 1. The molecule has 0 N–H and O–H groups in total. The molecule has 0 saturated heterocycles. The number of carbonyl (C=O) groups is 1. The number of Topliss-reactive ketones (excluding diaryl/α,β-unsaturated/α-hetero) is 1. The van der Waals surface area contributed by atoms with Gasteiger partial charge in [-0.15, -0.1) is 0 Å².